The van der Waals surface area contributed by atoms with Gasteiger partial charge in [0.25, 0.3) is 0 Å². The highest BCUT2D eigenvalue weighted by Gasteiger charge is 2.40. The molecule has 0 N–H and O–H groups in total. The summed E-state index contributed by atoms with van der Waals surface area (Å²) in [7, 11) is 0. The molecule has 0 aromatic rings. The lowest BCUT2D eigenvalue weighted by molar-refractivity contribution is 0.327. The van der Waals surface area contributed by atoms with Gasteiger partial charge in [0.15, 0.2) is 4.58 Å². The van der Waals surface area contributed by atoms with Crippen LogP contribution in [0.15, 0.2) is 0 Å². The predicted octanol–water partition coefficient (Wildman–Crippen LogP) is 3.52. The van der Waals surface area contributed by atoms with Crippen molar-refractivity contribution in [2.24, 2.45) is 23.7 Å². The van der Waals surface area contributed by atoms with E-state index >= 15 is 0 Å². The number of hydrogen-bond acceptors (Lipinski definition) is 2. The summed E-state index contributed by atoms with van der Waals surface area (Å²) in [6.45, 7) is 4.50. The largest absolute Gasteiger partial charge is 0.615 e. The van der Waals surface area contributed by atoms with Crippen LogP contribution in [0.2, 0.25) is 0 Å². The predicted molar refractivity (Wildman–Crippen MR) is 81.9 cm³/mol. The van der Waals surface area contributed by atoms with E-state index in [-0.39, 0.29) is 0 Å². The van der Waals surface area contributed by atoms with Crippen molar-refractivity contribution < 1.29 is 4.55 Å². The zero-order valence-electron chi connectivity index (χ0n) is 11.4. The van der Waals surface area contributed by atoms with E-state index in [0.29, 0.717) is 28.3 Å². The molecule has 2 aliphatic rings. The van der Waals surface area contributed by atoms with Crippen molar-refractivity contribution in [3.05, 3.63) is 0 Å². The molecular weight excluding hydrogens is 260 g/mol. The van der Waals surface area contributed by atoms with Gasteiger partial charge in [0.2, 0.25) is 0 Å². The Morgan fingerprint density at radius 3 is 2.44 bits per heavy atom. The zero-order valence-corrected chi connectivity index (χ0v) is 13.1. The van der Waals surface area contributed by atoms with Crippen LogP contribution in [-0.2, 0) is 11.2 Å². The maximum absolute atomic E-state index is 12.4. The van der Waals surface area contributed by atoms with E-state index in [1.165, 1.54) is 18.6 Å². The van der Waals surface area contributed by atoms with Crippen LogP contribution >= 0.6 is 11.8 Å². The Morgan fingerprint density at radius 2 is 1.94 bits per heavy atom. The molecule has 2 fully saturated rings. The average molecular weight is 284 g/mol. The summed E-state index contributed by atoms with van der Waals surface area (Å²) in [5, 5.41) is 0. The Morgan fingerprint density at radius 1 is 1.28 bits per heavy atom. The van der Waals surface area contributed by atoms with E-state index < -0.39 is 11.2 Å². The maximum Gasteiger partial charge on any atom is 0.163 e. The second kappa shape index (κ2) is 6.59. The molecule has 0 radical (unpaired) electrons. The van der Waals surface area contributed by atoms with Gasteiger partial charge in [-0.05, 0) is 42.8 Å². The van der Waals surface area contributed by atoms with Gasteiger partial charge < -0.3 is 4.55 Å². The van der Waals surface area contributed by atoms with Crippen molar-refractivity contribution in [2.75, 3.05) is 11.5 Å². The third-order valence-corrected chi connectivity index (χ3v) is 8.49. The summed E-state index contributed by atoms with van der Waals surface area (Å²) in [6.07, 6.45) is 10.1. The highest BCUT2D eigenvalue weighted by molar-refractivity contribution is 8.14. The quantitative estimate of drug-likeness (QED) is 0.572. The molecule has 18 heavy (non-hydrogen) atoms. The van der Waals surface area contributed by atoms with E-state index in [1.54, 1.807) is 0 Å². The molecule has 2 rings (SSSR count). The maximum atomic E-state index is 12.4. The third-order valence-electron chi connectivity index (χ3n) is 4.45. The van der Waals surface area contributed by atoms with E-state index in [9.17, 15) is 4.55 Å². The first-order chi connectivity index (χ1) is 8.61. The number of rotatable bonds is 2. The summed E-state index contributed by atoms with van der Waals surface area (Å²) < 4.78 is 12.8. The van der Waals surface area contributed by atoms with Gasteiger partial charge in [-0.1, -0.05) is 13.8 Å². The fraction of sp³-hybridized carbons (Fsp3) is 0.867. The molecule has 3 heteroatoms. The van der Waals surface area contributed by atoms with Gasteiger partial charge in [-0.2, -0.15) is 0 Å². The summed E-state index contributed by atoms with van der Waals surface area (Å²) in [5.41, 5.74) is 0. The lowest BCUT2D eigenvalue weighted by Crippen LogP contribution is -2.40. The minimum absolute atomic E-state index is 0.388. The van der Waals surface area contributed by atoms with Crippen LogP contribution in [0.25, 0.3) is 0 Å². The molecule has 0 aromatic heterocycles. The fourth-order valence-corrected chi connectivity index (χ4v) is 7.47. The van der Waals surface area contributed by atoms with Crippen LogP contribution in [0.3, 0.4) is 0 Å². The van der Waals surface area contributed by atoms with Crippen molar-refractivity contribution in [1.29, 1.82) is 0 Å². The second-order valence-corrected chi connectivity index (χ2v) is 9.11. The van der Waals surface area contributed by atoms with Crippen molar-refractivity contribution in [3.63, 3.8) is 0 Å². The summed E-state index contributed by atoms with van der Waals surface area (Å²) in [5.74, 6) is 7.44. The van der Waals surface area contributed by atoms with Crippen molar-refractivity contribution in [1.82, 2.24) is 0 Å². The molecule has 1 saturated carbocycles. The molecule has 0 bridgehead atoms. The minimum atomic E-state index is -0.628. The normalized spacial score (nSPS) is 41.6. The molecule has 0 aromatic carbocycles. The van der Waals surface area contributed by atoms with Gasteiger partial charge in [-0.25, -0.2) is 0 Å². The average Bonchev–Trinajstić information content (AvgIpc) is 2.38. The Bertz CT molecular complexity index is 302. The van der Waals surface area contributed by atoms with Crippen LogP contribution in [0.1, 0.15) is 39.5 Å². The first kappa shape index (κ1) is 14.6. The monoisotopic (exact) mass is 284 g/mol. The zero-order chi connectivity index (χ0) is 13.1. The van der Waals surface area contributed by atoms with Crippen molar-refractivity contribution >= 4 is 22.9 Å². The molecule has 0 amide bonds. The topological polar surface area (TPSA) is 23.1 Å². The smallest absolute Gasteiger partial charge is 0.163 e. The first-order valence-corrected chi connectivity index (χ1v) is 9.49. The molecule has 1 aliphatic carbocycles. The summed E-state index contributed by atoms with van der Waals surface area (Å²) in [6, 6.07) is 0. The van der Waals surface area contributed by atoms with Gasteiger partial charge >= 0.3 is 0 Å². The van der Waals surface area contributed by atoms with E-state index in [1.807, 2.05) is 11.8 Å². The van der Waals surface area contributed by atoms with Crippen molar-refractivity contribution in [3.8, 4) is 12.3 Å². The minimum Gasteiger partial charge on any atom is -0.615 e. The summed E-state index contributed by atoms with van der Waals surface area (Å²) >= 11 is 1.34. The standard InChI is InChI=1S/C15H24OS2/c1-4-12-5-7-13(8-6-12)15-17-9-14(11(2)3)10-18(15)16/h1,11-15H,5-10H2,2-3H3/t12-,13-,14?,15?,18?. The molecule has 3 unspecified atom stereocenters. The Kier molecular flexibility index (Phi) is 5.35. The van der Waals surface area contributed by atoms with Gasteiger partial charge in [-0.3, -0.25) is 0 Å². The van der Waals surface area contributed by atoms with E-state index in [0.717, 1.165) is 18.6 Å². The van der Waals surface area contributed by atoms with Crippen LogP contribution in [0, 0.1) is 36.0 Å². The molecule has 102 valence electrons. The molecular formula is C15H24OS2. The highest BCUT2D eigenvalue weighted by Crippen LogP contribution is 2.42. The Hall–Kier alpha value is 0.220. The molecule has 1 nitrogen and oxygen atoms in total. The Balaban J connectivity index is 1.86. The number of hydrogen-bond donors (Lipinski definition) is 0. The van der Waals surface area contributed by atoms with Gasteiger partial charge in [0.1, 0.15) is 5.75 Å². The highest BCUT2D eigenvalue weighted by atomic mass is 32.3. The fourth-order valence-electron chi connectivity index (χ4n) is 2.94. The van der Waals surface area contributed by atoms with Gasteiger partial charge in [0.05, 0.1) is 0 Å². The van der Waals surface area contributed by atoms with Crippen LogP contribution in [0.5, 0.6) is 0 Å². The number of thioether (sulfide) groups is 1. The van der Waals surface area contributed by atoms with Gasteiger partial charge in [-0.15, -0.1) is 24.1 Å². The summed E-state index contributed by atoms with van der Waals surface area (Å²) in [4.78, 5) is 0. The van der Waals surface area contributed by atoms with Crippen molar-refractivity contribution in [2.45, 2.75) is 44.1 Å². The molecule has 0 spiro atoms. The molecule has 3 atom stereocenters. The molecule has 1 saturated heterocycles. The van der Waals surface area contributed by atoms with Crippen LogP contribution < -0.4 is 0 Å². The molecule has 1 aliphatic heterocycles. The van der Waals surface area contributed by atoms with Crippen LogP contribution in [0.4, 0.5) is 0 Å². The number of terminal acetylenes is 1. The van der Waals surface area contributed by atoms with Crippen LogP contribution in [-0.4, -0.2) is 20.6 Å². The third kappa shape index (κ3) is 3.40. The van der Waals surface area contributed by atoms with E-state index in [2.05, 4.69) is 19.8 Å². The Labute approximate surface area is 119 Å². The molecule has 1 heterocycles. The lowest BCUT2D eigenvalue weighted by atomic mass is 9.83. The van der Waals surface area contributed by atoms with E-state index in [4.69, 9.17) is 6.42 Å². The van der Waals surface area contributed by atoms with Gasteiger partial charge in [0, 0.05) is 23.5 Å². The lowest BCUT2D eigenvalue weighted by Gasteiger charge is -2.38. The second-order valence-electron chi connectivity index (χ2n) is 6.03. The SMILES string of the molecule is C#C[C@H]1CC[C@H](C2SCC(C(C)C)C[S+]2[O-])CC1. The first-order valence-electron chi connectivity index (χ1n) is 7.06.